The van der Waals surface area contributed by atoms with E-state index in [1.165, 1.54) is 6.33 Å². The highest BCUT2D eigenvalue weighted by atomic mass is 16.5. The molecule has 2 aromatic rings. The van der Waals surface area contributed by atoms with Crippen LogP contribution >= 0.6 is 0 Å². The van der Waals surface area contributed by atoms with Crippen LogP contribution in [0.4, 0.5) is 17.3 Å². The Morgan fingerprint density at radius 2 is 2.11 bits per heavy atom. The predicted molar refractivity (Wildman–Crippen MR) is 72.4 cm³/mol. The van der Waals surface area contributed by atoms with E-state index in [0.29, 0.717) is 11.6 Å². The normalized spacial score (nSPS) is 9.47. The fourth-order valence-electron chi connectivity index (χ4n) is 1.50. The van der Waals surface area contributed by atoms with Crippen molar-refractivity contribution in [3.8, 4) is 11.8 Å². The van der Waals surface area contributed by atoms with Crippen molar-refractivity contribution in [1.82, 2.24) is 9.97 Å². The number of nitrogens with zero attached hydrogens (tertiary/aromatic N) is 3. The molecule has 0 aliphatic rings. The molecular formula is C13H13N5O. The second-order valence-corrected chi connectivity index (χ2v) is 3.66. The molecule has 0 radical (unpaired) electrons. The van der Waals surface area contributed by atoms with Crippen LogP contribution in [0.3, 0.4) is 0 Å². The second-order valence-electron chi connectivity index (χ2n) is 3.66. The molecule has 2 N–H and O–H groups in total. The molecule has 1 aromatic carbocycles. The Morgan fingerprint density at radius 1 is 1.26 bits per heavy atom. The molecule has 1 heterocycles. The maximum Gasteiger partial charge on any atom is 0.135 e. The van der Waals surface area contributed by atoms with Gasteiger partial charge in [-0.05, 0) is 12.1 Å². The molecule has 6 nitrogen and oxygen atoms in total. The van der Waals surface area contributed by atoms with Crippen LogP contribution in [-0.4, -0.2) is 23.6 Å². The van der Waals surface area contributed by atoms with Crippen LogP contribution < -0.4 is 15.4 Å². The number of benzene rings is 1. The summed E-state index contributed by atoms with van der Waals surface area (Å²) in [7, 11) is 1.62. The summed E-state index contributed by atoms with van der Waals surface area (Å²) in [5.74, 6) is 2.01. The number of hydrogen-bond donors (Lipinski definition) is 2. The van der Waals surface area contributed by atoms with E-state index in [1.807, 2.05) is 30.3 Å². The largest absolute Gasteiger partial charge is 0.497 e. The zero-order valence-electron chi connectivity index (χ0n) is 10.4. The molecule has 2 rings (SSSR count). The molecule has 0 aliphatic carbocycles. The minimum atomic E-state index is 0.204. The molecular weight excluding hydrogens is 242 g/mol. The van der Waals surface area contributed by atoms with Crippen LogP contribution in [0.25, 0.3) is 0 Å². The third kappa shape index (κ3) is 3.57. The van der Waals surface area contributed by atoms with Gasteiger partial charge < -0.3 is 15.4 Å². The number of ether oxygens (including phenoxy) is 1. The Labute approximate surface area is 111 Å². The highest BCUT2D eigenvalue weighted by Gasteiger charge is 2.00. The lowest BCUT2D eigenvalue weighted by molar-refractivity contribution is 0.415. The van der Waals surface area contributed by atoms with Crippen LogP contribution in [-0.2, 0) is 0 Å². The summed E-state index contributed by atoms with van der Waals surface area (Å²) in [6, 6.07) is 11.3. The third-order valence-corrected chi connectivity index (χ3v) is 2.36. The van der Waals surface area contributed by atoms with Gasteiger partial charge in [-0.2, -0.15) is 5.26 Å². The minimum Gasteiger partial charge on any atom is -0.497 e. The lowest BCUT2D eigenvalue weighted by atomic mass is 10.3. The number of hydrogen-bond acceptors (Lipinski definition) is 6. The van der Waals surface area contributed by atoms with Crippen molar-refractivity contribution >= 4 is 17.3 Å². The van der Waals surface area contributed by atoms with E-state index in [1.54, 1.807) is 13.2 Å². The minimum absolute atomic E-state index is 0.204. The van der Waals surface area contributed by atoms with Crippen molar-refractivity contribution in [3.05, 3.63) is 36.7 Å². The first kappa shape index (κ1) is 12.6. The van der Waals surface area contributed by atoms with Gasteiger partial charge in [-0.15, -0.1) is 0 Å². The number of aromatic nitrogens is 2. The van der Waals surface area contributed by atoms with Crippen molar-refractivity contribution < 1.29 is 4.74 Å². The Hall–Kier alpha value is -2.81. The summed E-state index contributed by atoms with van der Waals surface area (Å²) in [6.07, 6.45) is 1.43. The molecule has 0 atom stereocenters. The highest BCUT2D eigenvalue weighted by Crippen LogP contribution is 2.20. The Morgan fingerprint density at radius 3 is 2.89 bits per heavy atom. The lowest BCUT2D eigenvalue weighted by Crippen LogP contribution is -2.02. The van der Waals surface area contributed by atoms with Crippen LogP contribution in [0, 0.1) is 11.3 Å². The molecule has 1 aromatic heterocycles. The Bertz CT molecular complexity index is 594. The first-order chi connectivity index (χ1) is 9.31. The summed E-state index contributed by atoms with van der Waals surface area (Å²) in [5, 5.41) is 14.5. The van der Waals surface area contributed by atoms with E-state index in [0.717, 1.165) is 11.4 Å². The first-order valence-electron chi connectivity index (χ1n) is 5.66. The Balaban J connectivity index is 2.12. The zero-order valence-corrected chi connectivity index (χ0v) is 10.4. The van der Waals surface area contributed by atoms with E-state index in [9.17, 15) is 0 Å². The number of nitrogens with one attached hydrogen (secondary N) is 2. The molecule has 96 valence electrons. The molecule has 0 bridgehead atoms. The lowest BCUT2D eigenvalue weighted by Gasteiger charge is -2.08. The molecule has 0 amide bonds. The summed E-state index contributed by atoms with van der Waals surface area (Å²) in [6.45, 7) is 0.204. The fraction of sp³-hybridized carbons (Fsp3) is 0.154. The third-order valence-electron chi connectivity index (χ3n) is 2.36. The maximum absolute atomic E-state index is 8.50. The van der Waals surface area contributed by atoms with Crippen LogP contribution in [0.2, 0.25) is 0 Å². The van der Waals surface area contributed by atoms with Gasteiger partial charge in [0.05, 0.1) is 13.2 Å². The van der Waals surface area contributed by atoms with Gasteiger partial charge in [0.15, 0.2) is 0 Å². The van der Waals surface area contributed by atoms with Gasteiger partial charge in [0, 0.05) is 17.8 Å². The van der Waals surface area contributed by atoms with E-state index < -0.39 is 0 Å². The summed E-state index contributed by atoms with van der Waals surface area (Å²) in [4.78, 5) is 8.13. The zero-order chi connectivity index (χ0) is 13.5. The van der Waals surface area contributed by atoms with E-state index in [-0.39, 0.29) is 6.54 Å². The van der Waals surface area contributed by atoms with Crippen LogP contribution in [0.5, 0.6) is 5.75 Å². The summed E-state index contributed by atoms with van der Waals surface area (Å²) >= 11 is 0. The smallest absolute Gasteiger partial charge is 0.135 e. The van der Waals surface area contributed by atoms with Crippen molar-refractivity contribution in [2.75, 3.05) is 24.3 Å². The van der Waals surface area contributed by atoms with Crippen molar-refractivity contribution in [2.24, 2.45) is 0 Å². The van der Waals surface area contributed by atoms with Gasteiger partial charge in [0.2, 0.25) is 0 Å². The van der Waals surface area contributed by atoms with Crippen LogP contribution in [0.1, 0.15) is 0 Å². The highest BCUT2D eigenvalue weighted by molar-refractivity contribution is 5.60. The summed E-state index contributed by atoms with van der Waals surface area (Å²) in [5.41, 5.74) is 0.865. The second kappa shape index (κ2) is 6.21. The topological polar surface area (TPSA) is 82.9 Å². The standard InChI is InChI=1S/C13H13N5O/c1-19-11-4-2-3-10(7-11)18-13-8-12(15-6-5-14)16-9-17-13/h2-4,7-9H,6H2,1H3,(H2,15,16,17,18). The predicted octanol–water partition coefficient (Wildman–Crippen LogP) is 2.16. The molecule has 0 fully saturated rings. The molecule has 0 saturated carbocycles. The molecule has 6 heteroatoms. The SMILES string of the molecule is COc1cccc(Nc2cc(NCC#N)ncn2)c1. The molecule has 0 saturated heterocycles. The monoisotopic (exact) mass is 255 g/mol. The Kier molecular flexibility index (Phi) is 4.13. The van der Waals surface area contributed by atoms with E-state index >= 15 is 0 Å². The quantitative estimate of drug-likeness (QED) is 0.797. The number of nitriles is 1. The van der Waals surface area contributed by atoms with Gasteiger partial charge in [-0.1, -0.05) is 6.07 Å². The number of methoxy groups -OCH3 is 1. The first-order valence-corrected chi connectivity index (χ1v) is 5.66. The van der Waals surface area contributed by atoms with E-state index in [4.69, 9.17) is 10.00 Å². The van der Waals surface area contributed by atoms with Gasteiger partial charge >= 0.3 is 0 Å². The number of anilines is 3. The van der Waals surface area contributed by atoms with Gasteiger partial charge in [0.25, 0.3) is 0 Å². The molecule has 19 heavy (non-hydrogen) atoms. The molecule has 0 spiro atoms. The number of rotatable bonds is 5. The average molecular weight is 255 g/mol. The summed E-state index contributed by atoms with van der Waals surface area (Å²) < 4.78 is 5.15. The molecule has 0 unspecified atom stereocenters. The van der Waals surface area contributed by atoms with E-state index in [2.05, 4.69) is 20.6 Å². The van der Waals surface area contributed by atoms with Crippen molar-refractivity contribution in [3.63, 3.8) is 0 Å². The maximum atomic E-state index is 8.50. The average Bonchev–Trinajstić information content (AvgIpc) is 2.46. The molecule has 0 aliphatic heterocycles. The van der Waals surface area contributed by atoms with Crippen molar-refractivity contribution in [2.45, 2.75) is 0 Å². The van der Waals surface area contributed by atoms with Gasteiger partial charge in [-0.3, -0.25) is 0 Å². The fourth-order valence-corrected chi connectivity index (χ4v) is 1.50. The van der Waals surface area contributed by atoms with Crippen LogP contribution in [0.15, 0.2) is 36.7 Å². The van der Waals surface area contributed by atoms with Gasteiger partial charge in [-0.25, -0.2) is 9.97 Å². The van der Waals surface area contributed by atoms with Crippen molar-refractivity contribution in [1.29, 1.82) is 5.26 Å². The van der Waals surface area contributed by atoms with Gasteiger partial charge in [0.1, 0.15) is 30.3 Å².